The van der Waals surface area contributed by atoms with E-state index in [0.29, 0.717) is 5.56 Å². The Balaban J connectivity index is 2.13. The Morgan fingerprint density at radius 3 is 1.89 bits per heavy atom. The third-order valence-corrected chi connectivity index (χ3v) is 5.04. The lowest BCUT2D eigenvalue weighted by Crippen LogP contribution is -2.48. The number of rotatable bonds is 8. The summed E-state index contributed by atoms with van der Waals surface area (Å²) in [5.74, 6) is -1.60. The zero-order valence-electron chi connectivity index (χ0n) is 16.8. The maximum atomic E-state index is 12.7. The minimum Gasteiger partial charge on any atom is -0.368 e. The van der Waals surface area contributed by atoms with Crippen molar-refractivity contribution in [2.24, 2.45) is 11.7 Å². The molecule has 3 unspecified atom stereocenters. The Kier molecular flexibility index (Phi) is 7.10. The number of hydrogen-bond acceptors (Lipinski definition) is 3. The summed E-state index contributed by atoms with van der Waals surface area (Å²) >= 11 is 0. The van der Waals surface area contributed by atoms with Gasteiger partial charge in [0.1, 0.15) is 6.04 Å². The summed E-state index contributed by atoms with van der Waals surface area (Å²) in [5.41, 5.74) is 7.87. The van der Waals surface area contributed by atoms with E-state index < -0.39 is 17.9 Å². The fraction of sp³-hybridized carbons (Fsp3) is 0.348. The smallest absolute Gasteiger partial charge is 0.240 e. The maximum absolute atomic E-state index is 12.7. The molecular weight excluding hydrogens is 352 g/mol. The van der Waals surface area contributed by atoms with E-state index in [2.05, 4.69) is 5.32 Å². The molecule has 0 aromatic heterocycles. The zero-order chi connectivity index (χ0) is 20.8. The molecule has 0 aliphatic heterocycles. The molecule has 3 atom stereocenters. The van der Waals surface area contributed by atoms with Crippen LogP contribution in [0.5, 0.6) is 0 Å². The van der Waals surface area contributed by atoms with Gasteiger partial charge in [-0.1, -0.05) is 75.4 Å². The minimum absolute atomic E-state index is 0.0640. The Labute approximate surface area is 166 Å². The van der Waals surface area contributed by atoms with Crippen LogP contribution in [-0.2, 0) is 9.59 Å². The average molecular weight is 380 g/mol. The van der Waals surface area contributed by atoms with Gasteiger partial charge in [0, 0.05) is 17.4 Å². The van der Waals surface area contributed by atoms with Crippen LogP contribution in [-0.4, -0.2) is 23.6 Å². The third-order valence-electron chi connectivity index (χ3n) is 5.04. The average Bonchev–Trinajstić information content (AvgIpc) is 2.70. The van der Waals surface area contributed by atoms with Crippen LogP contribution in [0.1, 0.15) is 61.0 Å². The van der Waals surface area contributed by atoms with Crippen molar-refractivity contribution < 1.29 is 14.4 Å². The Bertz CT molecular complexity index is 829. The molecule has 5 heteroatoms. The number of hydrogen-bond donors (Lipinski definition) is 2. The molecule has 0 heterocycles. The topological polar surface area (TPSA) is 89.3 Å². The maximum Gasteiger partial charge on any atom is 0.240 e. The number of amides is 2. The highest BCUT2D eigenvalue weighted by Crippen LogP contribution is 2.22. The largest absolute Gasteiger partial charge is 0.368 e. The van der Waals surface area contributed by atoms with Gasteiger partial charge < -0.3 is 11.1 Å². The summed E-state index contributed by atoms with van der Waals surface area (Å²) in [6.07, 6.45) is 0. The van der Waals surface area contributed by atoms with Gasteiger partial charge in [-0.2, -0.15) is 0 Å². The lowest BCUT2D eigenvalue weighted by atomic mass is 9.91. The van der Waals surface area contributed by atoms with Crippen molar-refractivity contribution in [3.8, 4) is 0 Å². The molecule has 28 heavy (non-hydrogen) atoms. The van der Waals surface area contributed by atoms with Crippen LogP contribution in [0.15, 0.2) is 54.6 Å². The summed E-state index contributed by atoms with van der Waals surface area (Å²) in [6, 6.07) is 15.7. The highest BCUT2D eigenvalue weighted by atomic mass is 16.2. The first kappa shape index (κ1) is 21.4. The molecule has 2 aromatic carbocycles. The van der Waals surface area contributed by atoms with Gasteiger partial charge in [-0.05, 0) is 18.1 Å². The molecule has 0 radical (unpaired) electrons. The molecule has 2 amide bonds. The van der Waals surface area contributed by atoms with E-state index >= 15 is 0 Å². The highest BCUT2D eigenvalue weighted by Gasteiger charge is 2.28. The number of benzene rings is 2. The number of nitrogens with one attached hydrogen (secondary N) is 1. The number of ketones is 1. The first-order valence-corrected chi connectivity index (χ1v) is 9.51. The van der Waals surface area contributed by atoms with Crippen LogP contribution in [0.4, 0.5) is 0 Å². The molecule has 148 valence electrons. The van der Waals surface area contributed by atoms with Crippen molar-refractivity contribution in [2.45, 2.75) is 45.6 Å². The highest BCUT2D eigenvalue weighted by molar-refractivity contribution is 5.97. The quantitative estimate of drug-likeness (QED) is 0.688. The predicted molar refractivity (Wildman–Crippen MR) is 110 cm³/mol. The first-order valence-electron chi connectivity index (χ1n) is 9.51. The molecule has 2 rings (SSSR count). The predicted octanol–water partition coefficient (Wildman–Crippen LogP) is 3.40. The molecule has 0 saturated carbocycles. The molecule has 0 aliphatic carbocycles. The molecule has 2 aromatic rings. The van der Waals surface area contributed by atoms with Crippen LogP contribution < -0.4 is 11.1 Å². The van der Waals surface area contributed by atoms with Crippen LogP contribution in [0, 0.1) is 5.92 Å². The van der Waals surface area contributed by atoms with E-state index in [1.165, 1.54) is 0 Å². The number of Topliss-reactive ketones (excluding diaryl/α,β-unsaturated/α-hetero) is 1. The second-order valence-corrected chi connectivity index (χ2v) is 7.45. The van der Waals surface area contributed by atoms with Crippen molar-refractivity contribution in [1.82, 2.24) is 5.32 Å². The van der Waals surface area contributed by atoms with E-state index in [9.17, 15) is 14.4 Å². The lowest BCUT2D eigenvalue weighted by Gasteiger charge is -2.24. The molecule has 5 nitrogen and oxygen atoms in total. The number of carbonyl (C=O) groups excluding carboxylic acids is 3. The van der Waals surface area contributed by atoms with Crippen LogP contribution in [0.3, 0.4) is 0 Å². The van der Waals surface area contributed by atoms with Gasteiger partial charge in [0.25, 0.3) is 0 Å². The fourth-order valence-electron chi connectivity index (χ4n) is 3.09. The van der Waals surface area contributed by atoms with Gasteiger partial charge in [0.15, 0.2) is 5.78 Å². The van der Waals surface area contributed by atoms with Gasteiger partial charge >= 0.3 is 0 Å². The number of nitrogens with two attached hydrogens (primary N) is 1. The minimum atomic E-state index is -0.806. The lowest BCUT2D eigenvalue weighted by molar-refractivity contribution is -0.128. The molecule has 0 spiro atoms. The molecule has 0 saturated heterocycles. The van der Waals surface area contributed by atoms with E-state index in [1.807, 2.05) is 51.1 Å². The normalized spacial score (nSPS) is 14.2. The van der Waals surface area contributed by atoms with E-state index in [0.717, 1.165) is 11.1 Å². The third kappa shape index (κ3) is 5.06. The molecule has 0 aliphatic rings. The van der Waals surface area contributed by atoms with Crippen molar-refractivity contribution in [2.75, 3.05) is 0 Å². The van der Waals surface area contributed by atoms with Gasteiger partial charge in [0.2, 0.25) is 11.8 Å². The van der Waals surface area contributed by atoms with E-state index in [-0.39, 0.29) is 23.5 Å². The number of carbonyl (C=O) groups is 3. The summed E-state index contributed by atoms with van der Waals surface area (Å²) in [7, 11) is 0. The van der Waals surface area contributed by atoms with Gasteiger partial charge in [-0.3, -0.25) is 14.4 Å². The first-order chi connectivity index (χ1) is 13.2. The molecule has 3 N–H and O–H groups in total. The monoisotopic (exact) mass is 380 g/mol. The van der Waals surface area contributed by atoms with Crippen LogP contribution in [0.25, 0.3) is 0 Å². The Hall–Kier alpha value is -2.95. The second-order valence-electron chi connectivity index (χ2n) is 7.45. The SMILES string of the molecule is CC(C)C(=O)c1ccc(C(C)C(=O)NC(C(N)=O)C(C)c2ccccc2)cc1. The summed E-state index contributed by atoms with van der Waals surface area (Å²) < 4.78 is 0. The molecular formula is C23H28N2O3. The zero-order valence-corrected chi connectivity index (χ0v) is 16.8. The summed E-state index contributed by atoms with van der Waals surface area (Å²) in [4.78, 5) is 36.8. The van der Waals surface area contributed by atoms with Gasteiger partial charge in [-0.25, -0.2) is 0 Å². The van der Waals surface area contributed by atoms with E-state index in [4.69, 9.17) is 5.73 Å². The van der Waals surface area contributed by atoms with Crippen molar-refractivity contribution >= 4 is 17.6 Å². The molecule has 0 bridgehead atoms. The van der Waals surface area contributed by atoms with Crippen LogP contribution >= 0.6 is 0 Å². The Morgan fingerprint density at radius 1 is 0.821 bits per heavy atom. The molecule has 0 fully saturated rings. The fourth-order valence-corrected chi connectivity index (χ4v) is 3.09. The van der Waals surface area contributed by atoms with Crippen molar-refractivity contribution in [3.05, 3.63) is 71.3 Å². The summed E-state index contributed by atoms with van der Waals surface area (Å²) in [6.45, 7) is 7.33. The van der Waals surface area contributed by atoms with Gasteiger partial charge in [-0.15, -0.1) is 0 Å². The number of primary amides is 1. The Morgan fingerprint density at radius 2 is 1.39 bits per heavy atom. The van der Waals surface area contributed by atoms with Crippen molar-refractivity contribution in [1.29, 1.82) is 0 Å². The van der Waals surface area contributed by atoms with E-state index in [1.54, 1.807) is 31.2 Å². The second kappa shape index (κ2) is 9.31. The van der Waals surface area contributed by atoms with Crippen molar-refractivity contribution in [3.63, 3.8) is 0 Å². The summed E-state index contributed by atoms with van der Waals surface area (Å²) in [5, 5.41) is 2.79. The van der Waals surface area contributed by atoms with Crippen LogP contribution in [0.2, 0.25) is 0 Å². The standard InChI is InChI=1S/C23H28N2O3/c1-14(2)21(26)19-12-10-18(11-13-19)16(4)23(28)25-20(22(24)27)15(3)17-8-6-5-7-9-17/h5-16,20H,1-4H3,(H2,24,27)(H,25,28). The van der Waals surface area contributed by atoms with Gasteiger partial charge in [0.05, 0.1) is 5.92 Å².